The lowest BCUT2D eigenvalue weighted by atomic mass is 10.0. The Hall–Kier alpha value is -1.70. The smallest absolute Gasteiger partial charge is 0.252 e. The number of thiophene rings is 1. The summed E-state index contributed by atoms with van der Waals surface area (Å²) in [5.74, 6) is 0.899. The third-order valence-corrected chi connectivity index (χ3v) is 5.85. The van der Waals surface area contributed by atoms with E-state index in [-0.39, 0.29) is 12.0 Å². The Bertz CT molecular complexity index is 749. The van der Waals surface area contributed by atoms with Crippen molar-refractivity contribution < 1.29 is 14.1 Å². The van der Waals surface area contributed by atoms with Crippen LogP contribution in [-0.4, -0.2) is 41.8 Å². The number of ether oxygens (including phenoxy) is 1. The Kier molecular flexibility index (Phi) is 6.11. The lowest BCUT2D eigenvalue weighted by Crippen LogP contribution is -2.34. The van der Waals surface area contributed by atoms with Crippen molar-refractivity contribution in [1.29, 1.82) is 0 Å². The second-order valence-corrected chi connectivity index (χ2v) is 7.75. The molecule has 1 N–H and O–H groups in total. The average molecular weight is 378 g/mol. The maximum Gasteiger partial charge on any atom is 0.252 e. The maximum absolute atomic E-state index is 12.5. The molecule has 6 nitrogen and oxygen atoms in total. The number of nitrogens with zero attached hydrogens (tertiary/aromatic N) is 2. The van der Waals surface area contributed by atoms with Gasteiger partial charge in [0.25, 0.3) is 5.91 Å². The topological polar surface area (TPSA) is 67.6 Å². The highest BCUT2D eigenvalue weighted by Gasteiger charge is 2.25. The summed E-state index contributed by atoms with van der Waals surface area (Å²) in [6, 6.07) is 0. The van der Waals surface area contributed by atoms with Crippen molar-refractivity contribution in [1.82, 2.24) is 15.4 Å². The molecule has 0 radical (unpaired) electrons. The second kappa shape index (κ2) is 8.33. The van der Waals surface area contributed by atoms with E-state index in [4.69, 9.17) is 9.26 Å². The predicted octanol–water partition coefficient (Wildman–Crippen LogP) is 3.07. The van der Waals surface area contributed by atoms with Crippen LogP contribution < -0.4 is 5.32 Å². The van der Waals surface area contributed by atoms with E-state index < -0.39 is 0 Å². The molecular weight excluding hydrogens is 350 g/mol. The molecule has 1 aliphatic rings. The lowest BCUT2D eigenvalue weighted by Gasteiger charge is -2.27. The number of carbonyl (C=O) groups is 1. The van der Waals surface area contributed by atoms with Crippen molar-refractivity contribution in [3.8, 4) is 0 Å². The number of aryl methyl sites for hydroxylation is 2. The Morgan fingerprint density at radius 3 is 3.00 bits per heavy atom. The number of fused-ring (bicyclic) bond motifs is 1. The van der Waals surface area contributed by atoms with Gasteiger partial charge < -0.3 is 14.6 Å². The van der Waals surface area contributed by atoms with Crippen LogP contribution in [0.3, 0.4) is 0 Å². The van der Waals surface area contributed by atoms with Crippen molar-refractivity contribution in [2.24, 2.45) is 0 Å². The van der Waals surface area contributed by atoms with E-state index in [1.165, 1.54) is 16.0 Å². The summed E-state index contributed by atoms with van der Waals surface area (Å²) in [5.41, 5.74) is 4.16. The highest BCUT2D eigenvalue weighted by atomic mass is 32.1. The first-order chi connectivity index (χ1) is 12.5. The number of hydrogen-bond acceptors (Lipinski definition) is 6. The number of aromatic nitrogens is 1. The second-order valence-electron chi connectivity index (χ2n) is 6.79. The summed E-state index contributed by atoms with van der Waals surface area (Å²) in [4.78, 5) is 16.2. The quantitative estimate of drug-likeness (QED) is 0.803. The first-order valence-corrected chi connectivity index (χ1v) is 10.0. The van der Waals surface area contributed by atoms with Gasteiger partial charge in [0.2, 0.25) is 0 Å². The highest BCUT2D eigenvalue weighted by molar-refractivity contribution is 7.10. The highest BCUT2D eigenvalue weighted by Crippen LogP contribution is 2.30. The Labute approximate surface area is 158 Å². The largest absolute Gasteiger partial charge is 0.377 e. The summed E-state index contributed by atoms with van der Waals surface area (Å²) in [5, 5.41) is 9.02. The fourth-order valence-electron chi connectivity index (χ4n) is 3.33. The van der Waals surface area contributed by atoms with E-state index in [0.29, 0.717) is 13.2 Å². The Morgan fingerprint density at radius 1 is 1.50 bits per heavy atom. The van der Waals surface area contributed by atoms with Gasteiger partial charge in [-0.1, -0.05) is 5.16 Å². The van der Waals surface area contributed by atoms with Gasteiger partial charge in [-0.25, -0.2) is 0 Å². The molecule has 0 spiro atoms. The van der Waals surface area contributed by atoms with Crippen LogP contribution in [0, 0.1) is 13.8 Å². The van der Waals surface area contributed by atoms with Crippen LogP contribution in [0.25, 0.3) is 0 Å². The third kappa shape index (κ3) is 4.16. The van der Waals surface area contributed by atoms with Crippen molar-refractivity contribution in [3.05, 3.63) is 38.4 Å². The minimum Gasteiger partial charge on any atom is -0.377 e. The zero-order valence-electron chi connectivity index (χ0n) is 15.9. The number of amides is 1. The summed E-state index contributed by atoms with van der Waals surface area (Å²) >= 11 is 1.68. The van der Waals surface area contributed by atoms with E-state index in [9.17, 15) is 4.79 Å². The Balaban J connectivity index is 1.62. The van der Waals surface area contributed by atoms with E-state index in [1.54, 1.807) is 11.3 Å². The zero-order valence-corrected chi connectivity index (χ0v) is 16.7. The van der Waals surface area contributed by atoms with E-state index >= 15 is 0 Å². The number of rotatable bonds is 7. The standard InChI is InChI=1S/C19H27N3O3S/c1-5-24-12(2)8-20-19(23)17-11-26-18-10-22(7-6-15(17)18)9-16-13(3)21-25-14(16)4/h11-12H,5-10H2,1-4H3,(H,20,23). The minimum atomic E-state index is 0.00762. The molecule has 1 aliphatic heterocycles. The zero-order chi connectivity index (χ0) is 18.7. The van der Waals surface area contributed by atoms with Gasteiger partial charge in [-0.2, -0.15) is 0 Å². The van der Waals surface area contributed by atoms with Gasteiger partial charge in [-0.3, -0.25) is 9.69 Å². The summed E-state index contributed by atoms with van der Waals surface area (Å²) in [6.45, 7) is 11.7. The van der Waals surface area contributed by atoms with Crippen molar-refractivity contribution in [2.75, 3.05) is 19.7 Å². The van der Waals surface area contributed by atoms with Crippen molar-refractivity contribution in [3.63, 3.8) is 0 Å². The lowest BCUT2D eigenvalue weighted by molar-refractivity contribution is 0.0694. The molecule has 0 bridgehead atoms. The van der Waals surface area contributed by atoms with Gasteiger partial charge in [-0.05, 0) is 39.7 Å². The van der Waals surface area contributed by atoms with Crippen LogP contribution in [0.4, 0.5) is 0 Å². The monoisotopic (exact) mass is 377 g/mol. The fourth-order valence-corrected chi connectivity index (χ4v) is 4.45. The van der Waals surface area contributed by atoms with Gasteiger partial charge in [0, 0.05) is 48.6 Å². The van der Waals surface area contributed by atoms with Gasteiger partial charge in [0.1, 0.15) is 5.76 Å². The molecule has 0 saturated carbocycles. The fraction of sp³-hybridized carbons (Fsp3) is 0.579. The first kappa shape index (κ1) is 19.1. The molecule has 0 aliphatic carbocycles. The molecule has 0 fully saturated rings. The molecule has 3 heterocycles. The molecule has 7 heteroatoms. The van der Waals surface area contributed by atoms with Crippen LogP contribution in [0.1, 0.15) is 51.7 Å². The van der Waals surface area contributed by atoms with Gasteiger partial charge in [0.15, 0.2) is 0 Å². The average Bonchev–Trinajstić information content (AvgIpc) is 3.18. The molecule has 1 unspecified atom stereocenters. The normalized spacial score (nSPS) is 15.7. The van der Waals surface area contributed by atoms with Crippen molar-refractivity contribution in [2.45, 2.75) is 53.3 Å². The number of nitrogens with one attached hydrogen (secondary N) is 1. The Morgan fingerprint density at radius 2 is 2.31 bits per heavy atom. The number of hydrogen-bond donors (Lipinski definition) is 1. The molecule has 2 aromatic heterocycles. The van der Waals surface area contributed by atoms with Crippen LogP contribution in [0.15, 0.2) is 9.90 Å². The molecule has 3 rings (SSSR count). The summed E-state index contributed by atoms with van der Waals surface area (Å²) in [6.07, 6.45) is 0.926. The number of carbonyl (C=O) groups excluding carboxylic acids is 1. The van der Waals surface area contributed by atoms with E-state index in [0.717, 1.165) is 43.1 Å². The van der Waals surface area contributed by atoms with Crippen LogP contribution >= 0.6 is 11.3 Å². The molecule has 0 aromatic carbocycles. The summed E-state index contributed by atoms with van der Waals surface area (Å²) in [7, 11) is 0. The molecule has 26 heavy (non-hydrogen) atoms. The molecule has 2 aromatic rings. The molecule has 1 amide bonds. The molecule has 142 valence electrons. The van der Waals surface area contributed by atoms with E-state index in [1.807, 2.05) is 33.1 Å². The third-order valence-electron chi connectivity index (χ3n) is 4.83. The summed E-state index contributed by atoms with van der Waals surface area (Å²) < 4.78 is 10.7. The van der Waals surface area contributed by atoms with Crippen LogP contribution in [-0.2, 0) is 24.2 Å². The van der Waals surface area contributed by atoms with Gasteiger partial charge in [0.05, 0.1) is 17.4 Å². The predicted molar refractivity (Wildman–Crippen MR) is 102 cm³/mol. The molecule has 0 saturated heterocycles. The van der Waals surface area contributed by atoms with Crippen LogP contribution in [0.2, 0.25) is 0 Å². The van der Waals surface area contributed by atoms with Crippen molar-refractivity contribution >= 4 is 17.2 Å². The van der Waals surface area contributed by atoms with Crippen LogP contribution in [0.5, 0.6) is 0 Å². The first-order valence-electron chi connectivity index (χ1n) is 9.12. The molecule has 1 atom stereocenters. The van der Waals surface area contributed by atoms with Gasteiger partial charge in [-0.15, -0.1) is 11.3 Å². The SMILES string of the molecule is CCOC(C)CNC(=O)c1csc2c1CCN(Cc1c(C)noc1C)C2. The van der Waals surface area contributed by atoms with Gasteiger partial charge >= 0.3 is 0 Å². The minimum absolute atomic E-state index is 0.00762. The van der Waals surface area contributed by atoms with E-state index in [2.05, 4.69) is 15.4 Å². The maximum atomic E-state index is 12.5. The molecular formula is C19H27N3O3S.